The summed E-state index contributed by atoms with van der Waals surface area (Å²) in [6.07, 6.45) is 6.31. The molecule has 0 aromatic heterocycles. The minimum Gasteiger partial charge on any atom is -0.344 e. The van der Waals surface area contributed by atoms with E-state index in [-0.39, 0.29) is 36.0 Å². The Morgan fingerprint density at radius 2 is 1.52 bits per heavy atom. The largest absolute Gasteiger partial charge is 0.344 e. The first kappa shape index (κ1) is 23.3. The summed E-state index contributed by atoms with van der Waals surface area (Å²) in [5, 5.41) is 2.95. The van der Waals surface area contributed by atoms with Crippen LogP contribution in [0, 0.1) is 11.8 Å². The fourth-order valence-electron chi connectivity index (χ4n) is 4.61. The molecule has 1 aromatic rings. The van der Waals surface area contributed by atoms with Crippen LogP contribution in [0.5, 0.6) is 0 Å². The Labute approximate surface area is 186 Å². The van der Waals surface area contributed by atoms with Crippen molar-refractivity contribution in [2.24, 2.45) is 11.8 Å². The SMILES string of the molecule is CC(C)[C@H](NC(=O)Cc1ccccc1)C(=O)N1CCC(C(=O)N2CCCCCC2)CC1. The Bertz CT molecular complexity index is 734. The van der Waals surface area contributed by atoms with Crippen molar-refractivity contribution in [3.05, 3.63) is 35.9 Å². The van der Waals surface area contributed by atoms with Gasteiger partial charge >= 0.3 is 0 Å². The molecule has 3 amide bonds. The molecule has 1 aromatic carbocycles. The van der Waals surface area contributed by atoms with Crippen molar-refractivity contribution in [2.75, 3.05) is 26.2 Å². The predicted octanol–water partition coefficient (Wildman–Crippen LogP) is 3.01. The van der Waals surface area contributed by atoms with Crippen LogP contribution in [0.25, 0.3) is 0 Å². The molecule has 0 saturated carbocycles. The van der Waals surface area contributed by atoms with Crippen LogP contribution in [0.3, 0.4) is 0 Å². The molecule has 1 atom stereocenters. The predicted molar refractivity (Wildman–Crippen MR) is 121 cm³/mol. The number of hydrogen-bond acceptors (Lipinski definition) is 3. The number of likely N-dealkylation sites (tertiary alicyclic amines) is 2. The third-order valence-corrected chi connectivity index (χ3v) is 6.53. The molecule has 170 valence electrons. The Balaban J connectivity index is 1.52. The maximum absolute atomic E-state index is 13.2. The fraction of sp³-hybridized carbons (Fsp3) is 0.640. The van der Waals surface area contributed by atoms with Gasteiger partial charge in [0.1, 0.15) is 6.04 Å². The van der Waals surface area contributed by atoms with Crippen molar-refractivity contribution in [2.45, 2.75) is 64.8 Å². The highest BCUT2D eigenvalue weighted by Crippen LogP contribution is 2.23. The van der Waals surface area contributed by atoms with E-state index in [1.807, 2.05) is 54.0 Å². The molecular formula is C25H37N3O3. The summed E-state index contributed by atoms with van der Waals surface area (Å²) in [5.41, 5.74) is 0.933. The number of nitrogens with one attached hydrogen (secondary N) is 1. The maximum atomic E-state index is 13.2. The van der Waals surface area contributed by atoms with E-state index < -0.39 is 6.04 Å². The van der Waals surface area contributed by atoms with Crippen molar-refractivity contribution >= 4 is 17.7 Å². The molecule has 0 spiro atoms. The van der Waals surface area contributed by atoms with E-state index >= 15 is 0 Å². The van der Waals surface area contributed by atoms with E-state index in [4.69, 9.17) is 0 Å². The van der Waals surface area contributed by atoms with Gasteiger partial charge in [0.15, 0.2) is 0 Å². The van der Waals surface area contributed by atoms with Crippen LogP contribution in [-0.4, -0.2) is 59.7 Å². The van der Waals surface area contributed by atoms with Crippen molar-refractivity contribution in [3.8, 4) is 0 Å². The van der Waals surface area contributed by atoms with Crippen LogP contribution in [0.1, 0.15) is 57.9 Å². The average Bonchev–Trinajstić information content (AvgIpc) is 3.07. The average molecular weight is 428 g/mol. The van der Waals surface area contributed by atoms with Crippen LogP contribution >= 0.6 is 0 Å². The van der Waals surface area contributed by atoms with E-state index in [0.29, 0.717) is 25.9 Å². The lowest BCUT2D eigenvalue weighted by Gasteiger charge is -2.36. The molecule has 2 aliphatic rings. The zero-order valence-electron chi connectivity index (χ0n) is 19.0. The zero-order valence-corrected chi connectivity index (χ0v) is 19.0. The van der Waals surface area contributed by atoms with Crippen molar-refractivity contribution in [3.63, 3.8) is 0 Å². The standard InChI is InChI=1S/C25H37N3O3/c1-19(2)23(26-22(29)18-20-10-6-5-7-11-20)25(31)28-16-12-21(13-17-28)24(30)27-14-8-3-4-9-15-27/h5-7,10-11,19,21,23H,3-4,8-9,12-18H2,1-2H3,(H,26,29)/t23-/m0/s1. The zero-order chi connectivity index (χ0) is 22.2. The summed E-state index contributed by atoms with van der Waals surface area (Å²) in [4.78, 5) is 42.5. The topological polar surface area (TPSA) is 69.7 Å². The highest BCUT2D eigenvalue weighted by Gasteiger charge is 2.34. The maximum Gasteiger partial charge on any atom is 0.245 e. The molecular weight excluding hydrogens is 390 g/mol. The Morgan fingerprint density at radius 1 is 0.903 bits per heavy atom. The van der Waals surface area contributed by atoms with Gasteiger partial charge < -0.3 is 15.1 Å². The number of benzene rings is 1. The monoisotopic (exact) mass is 427 g/mol. The van der Waals surface area contributed by atoms with Gasteiger partial charge in [0, 0.05) is 32.1 Å². The van der Waals surface area contributed by atoms with Crippen LogP contribution in [0.2, 0.25) is 0 Å². The first-order valence-corrected chi connectivity index (χ1v) is 11.9. The van der Waals surface area contributed by atoms with Crippen molar-refractivity contribution in [1.29, 1.82) is 0 Å². The molecule has 0 bridgehead atoms. The second-order valence-corrected chi connectivity index (χ2v) is 9.29. The summed E-state index contributed by atoms with van der Waals surface area (Å²) >= 11 is 0. The summed E-state index contributed by atoms with van der Waals surface area (Å²) in [6, 6.07) is 9.03. The second-order valence-electron chi connectivity index (χ2n) is 9.29. The Kier molecular flexibility index (Phi) is 8.50. The molecule has 2 heterocycles. The quantitative estimate of drug-likeness (QED) is 0.759. The van der Waals surface area contributed by atoms with Gasteiger partial charge in [0.25, 0.3) is 0 Å². The Morgan fingerprint density at radius 3 is 2.10 bits per heavy atom. The molecule has 6 heteroatoms. The molecule has 31 heavy (non-hydrogen) atoms. The third-order valence-electron chi connectivity index (χ3n) is 6.53. The minimum atomic E-state index is -0.533. The van der Waals surface area contributed by atoms with Gasteiger partial charge in [-0.2, -0.15) is 0 Å². The third kappa shape index (κ3) is 6.55. The lowest BCUT2D eigenvalue weighted by molar-refractivity contribution is -0.143. The van der Waals surface area contributed by atoms with E-state index in [2.05, 4.69) is 5.32 Å². The van der Waals surface area contributed by atoms with Gasteiger partial charge in [0.05, 0.1) is 6.42 Å². The Hall–Kier alpha value is -2.37. The van der Waals surface area contributed by atoms with E-state index in [0.717, 1.165) is 31.5 Å². The number of rotatable bonds is 6. The molecule has 6 nitrogen and oxygen atoms in total. The number of piperidine rings is 1. The molecule has 2 fully saturated rings. The number of carbonyl (C=O) groups is 3. The molecule has 0 aliphatic carbocycles. The lowest BCUT2D eigenvalue weighted by Crippen LogP contribution is -2.54. The summed E-state index contributed by atoms with van der Waals surface area (Å²) < 4.78 is 0. The first-order chi connectivity index (χ1) is 15.0. The second kappa shape index (κ2) is 11.3. The van der Waals surface area contributed by atoms with Crippen LogP contribution < -0.4 is 5.32 Å². The number of hydrogen-bond donors (Lipinski definition) is 1. The molecule has 0 radical (unpaired) electrons. The summed E-state index contributed by atoms with van der Waals surface area (Å²) in [7, 11) is 0. The van der Waals surface area contributed by atoms with Gasteiger partial charge in [-0.1, -0.05) is 57.0 Å². The molecule has 1 N–H and O–H groups in total. The van der Waals surface area contributed by atoms with Gasteiger partial charge in [-0.25, -0.2) is 0 Å². The van der Waals surface area contributed by atoms with Crippen LogP contribution in [-0.2, 0) is 20.8 Å². The highest BCUT2D eigenvalue weighted by molar-refractivity contribution is 5.89. The first-order valence-electron chi connectivity index (χ1n) is 11.9. The van der Waals surface area contributed by atoms with Crippen molar-refractivity contribution in [1.82, 2.24) is 15.1 Å². The van der Waals surface area contributed by atoms with Crippen LogP contribution in [0.4, 0.5) is 0 Å². The van der Waals surface area contributed by atoms with Gasteiger partial charge in [-0.05, 0) is 37.2 Å². The van der Waals surface area contributed by atoms with E-state index in [1.54, 1.807) is 0 Å². The number of nitrogens with zero attached hydrogens (tertiary/aromatic N) is 2. The number of amides is 3. The molecule has 2 aliphatic heterocycles. The number of carbonyl (C=O) groups excluding carboxylic acids is 3. The molecule has 2 saturated heterocycles. The highest BCUT2D eigenvalue weighted by atomic mass is 16.2. The smallest absolute Gasteiger partial charge is 0.245 e. The minimum absolute atomic E-state index is 0.00341. The summed E-state index contributed by atoms with van der Waals surface area (Å²) in [6.45, 7) is 6.84. The van der Waals surface area contributed by atoms with Crippen LogP contribution in [0.15, 0.2) is 30.3 Å². The molecule has 0 unspecified atom stereocenters. The van der Waals surface area contributed by atoms with E-state index in [9.17, 15) is 14.4 Å². The van der Waals surface area contributed by atoms with Gasteiger partial charge in [-0.3, -0.25) is 14.4 Å². The van der Waals surface area contributed by atoms with Gasteiger partial charge in [-0.15, -0.1) is 0 Å². The van der Waals surface area contributed by atoms with Gasteiger partial charge in [0.2, 0.25) is 17.7 Å². The lowest BCUT2D eigenvalue weighted by atomic mass is 9.93. The summed E-state index contributed by atoms with van der Waals surface area (Å²) in [5.74, 6) is 0.128. The van der Waals surface area contributed by atoms with E-state index in [1.165, 1.54) is 12.8 Å². The fourth-order valence-corrected chi connectivity index (χ4v) is 4.61. The molecule has 3 rings (SSSR count). The normalized spacial score (nSPS) is 19.1. The van der Waals surface area contributed by atoms with Crippen molar-refractivity contribution < 1.29 is 14.4 Å².